The van der Waals surface area contributed by atoms with E-state index in [2.05, 4.69) is 69.0 Å². The first kappa shape index (κ1) is 23.7. The van der Waals surface area contributed by atoms with Crippen molar-refractivity contribution in [2.45, 2.75) is 18.9 Å². The first-order chi connectivity index (χ1) is 19.1. The fourth-order valence-corrected chi connectivity index (χ4v) is 6.26. The van der Waals surface area contributed by atoms with Crippen LogP contribution < -0.4 is 4.90 Å². The highest BCUT2D eigenvalue weighted by atomic mass is 16.5. The van der Waals surface area contributed by atoms with E-state index >= 15 is 0 Å². The molecule has 0 saturated carbocycles. The average Bonchev–Trinajstić information content (AvgIpc) is 3.59. The molecule has 0 aliphatic carbocycles. The van der Waals surface area contributed by atoms with Crippen molar-refractivity contribution in [2.75, 3.05) is 44.3 Å². The van der Waals surface area contributed by atoms with Crippen molar-refractivity contribution in [3.63, 3.8) is 0 Å². The lowest BCUT2D eigenvalue weighted by Gasteiger charge is -2.60. The van der Waals surface area contributed by atoms with Gasteiger partial charge in [0.05, 0.1) is 29.5 Å². The minimum Gasteiger partial charge on any atom is -0.381 e. The molecule has 0 N–H and O–H groups in total. The molecule has 1 amide bonds. The Morgan fingerprint density at radius 3 is 2.51 bits per heavy atom. The largest absolute Gasteiger partial charge is 0.381 e. The van der Waals surface area contributed by atoms with Gasteiger partial charge in [0.2, 0.25) is 5.91 Å². The van der Waals surface area contributed by atoms with Crippen LogP contribution in [0.3, 0.4) is 0 Å². The first-order valence-corrected chi connectivity index (χ1v) is 13.4. The fraction of sp³-hybridized carbons (Fsp3) is 0.333. The summed E-state index contributed by atoms with van der Waals surface area (Å²) in [5, 5.41) is 18.9. The maximum absolute atomic E-state index is 11.8. The Balaban J connectivity index is 1.16. The molecule has 1 spiro atoms. The van der Waals surface area contributed by atoms with Gasteiger partial charge in [-0.25, -0.2) is 4.52 Å². The van der Waals surface area contributed by atoms with Crippen LogP contribution >= 0.6 is 0 Å². The van der Waals surface area contributed by atoms with E-state index in [0.29, 0.717) is 11.6 Å². The Bertz CT molecular complexity index is 1610. The molecule has 0 radical (unpaired) electrons. The lowest BCUT2D eigenvalue weighted by Crippen LogP contribution is -2.73. The summed E-state index contributed by atoms with van der Waals surface area (Å²) in [6.07, 6.45) is 10.9. The van der Waals surface area contributed by atoms with Gasteiger partial charge >= 0.3 is 0 Å². The highest BCUT2D eigenvalue weighted by Gasteiger charge is 2.52. The van der Waals surface area contributed by atoms with Crippen LogP contribution in [0.1, 0.15) is 24.4 Å². The van der Waals surface area contributed by atoms with Crippen LogP contribution in [-0.2, 0) is 9.53 Å². The molecule has 39 heavy (non-hydrogen) atoms. The summed E-state index contributed by atoms with van der Waals surface area (Å²) < 4.78 is 9.36. The molecule has 3 aliphatic rings. The number of benzene rings is 1. The molecule has 0 bridgehead atoms. The van der Waals surface area contributed by atoms with Crippen LogP contribution in [0.2, 0.25) is 0 Å². The minimum absolute atomic E-state index is 0.0181. The Labute approximate surface area is 226 Å². The number of hydrogen-bond donors (Lipinski definition) is 0. The summed E-state index contributed by atoms with van der Waals surface area (Å²) in [6, 6.07) is 13.3. The lowest BCUT2D eigenvalue weighted by atomic mass is 9.72. The van der Waals surface area contributed by atoms with E-state index in [4.69, 9.17) is 4.74 Å². The van der Waals surface area contributed by atoms with Crippen molar-refractivity contribution < 1.29 is 9.53 Å². The Morgan fingerprint density at radius 2 is 1.79 bits per heavy atom. The van der Waals surface area contributed by atoms with E-state index in [-0.39, 0.29) is 11.3 Å². The van der Waals surface area contributed by atoms with Gasteiger partial charge in [-0.15, -0.1) is 0 Å². The summed E-state index contributed by atoms with van der Waals surface area (Å²) in [6.45, 7) is 8.63. The van der Waals surface area contributed by atoms with Crippen molar-refractivity contribution in [1.82, 2.24) is 24.3 Å². The topological polar surface area (TPSA) is 91.7 Å². The molecular weight excluding hydrogens is 490 g/mol. The molecule has 4 aromatic rings. The minimum atomic E-state index is 0.0181. The zero-order chi connectivity index (χ0) is 26.6. The molecule has 3 saturated heterocycles. The SMILES string of the molecule is C=CC(=O)N1CC2(C1)CN(c1ccc(-c3cc(-c4cnn(C5CCOCC5)c4)cn4ncc(C#N)c34)cc1)C2. The number of fused-ring (bicyclic) bond motifs is 1. The molecule has 0 unspecified atom stereocenters. The average molecular weight is 520 g/mol. The van der Waals surface area contributed by atoms with E-state index in [0.717, 1.165) is 85.7 Å². The highest BCUT2D eigenvalue weighted by molar-refractivity contribution is 5.89. The van der Waals surface area contributed by atoms with E-state index < -0.39 is 0 Å². The number of rotatable bonds is 5. The molecule has 3 aliphatic heterocycles. The Kier molecular flexibility index (Phi) is 5.53. The third-order valence-corrected chi connectivity index (χ3v) is 8.37. The summed E-state index contributed by atoms with van der Waals surface area (Å²) >= 11 is 0. The highest BCUT2D eigenvalue weighted by Crippen LogP contribution is 2.42. The maximum atomic E-state index is 11.8. The normalized spacial score (nSPS) is 18.5. The number of likely N-dealkylation sites (tertiary alicyclic amines) is 1. The van der Waals surface area contributed by atoms with E-state index in [1.807, 2.05) is 17.3 Å². The van der Waals surface area contributed by atoms with Gasteiger partial charge in [-0.05, 0) is 42.7 Å². The molecular formula is C30H29N7O2. The third kappa shape index (κ3) is 3.99. The molecule has 1 aromatic carbocycles. The van der Waals surface area contributed by atoms with Crippen molar-refractivity contribution in [3.05, 3.63) is 73.3 Å². The maximum Gasteiger partial charge on any atom is 0.245 e. The zero-order valence-corrected chi connectivity index (χ0v) is 21.7. The smallest absolute Gasteiger partial charge is 0.245 e. The fourth-order valence-electron chi connectivity index (χ4n) is 6.26. The molecule has 9 nitrogen and oxygen atoms in total. The third-order valence-electron chi connectivity index (χ3n) is 8.37. The first-order valence-electron chi connectivity index (χ1n) is 13.4. The summed E-state index contributed by atoms with van der Waals surface area (Å²) in [7, 11) is 0. The number of carbonyl (C=O) groups excluding carboxylic acids is 1. The number of ether oxygens (including phenoxy) is 1. The summed E-state index contributed by atoms with van der Waals surface area (Å²) in [4.78, 5) is 16.0. The van der Waals surface area contributed by atoms with Crippen molar-refractivity contribution in [2.24, 2.45) is 5.41 Å². The summed E-state index contributed by atoms with van der Waals surface area (Å²) in [5.41, 5.74) is 6.74. The van der Waals surface area contributed by atoms with Gasteiger partial charge in [0.1, 0.15) is 6.07 Å². The Hall–Kier alpha value is -4.42. The monoisotopic (exact) mass is 519 g/mol. The predicted molar refractivity (Wildman–Crippen MR) is 147 cm³/mol. The van der Waals surface area contributed by atoms with Crippen molar-refractivity contribution >= 4 is 17.1 Å². The molecule has 6 heterocycles. The number of nitriles is 1. The number of hydrogen-bond acceptors (Lipinski definition) is 6. The van der Waals surface area contributed by atoms with Gasteiger partial charge in [0.15, 0.2) is 0 Å². The number of pyridine rings is 1. The number of anilines is 1. The van der Waals surface area contributed by atoms with Crippen LogP contribution in [0.15, 0.2) is 67.8 Å². The van der Waals surface area contributed by atoms with Gasteiger partial charge in [-0.2, -0.15) is 15.5 Å². The molecule has 9 heteroatoms. The quantitative estimate of drug-likeness (QED) is 0.371. The van der Waals surface area contributed by atoms with E-state index in [1.165, 1.54) is 6.08 Å². The zero-order valence-electron chi connectivity index (χ0n) is 21.7. The van der Waals surface area contributed by atoms with Crippen LogP contribution in [0.4, 0.5) is 5.69 Å². The van der Waals surface area contributed by atoms with Gasteiger partial charge in [-0.3, -0.25) is 9.48 Å². The van der Waals surface area contributed by atoms with Gasteiger partial charge in [-0.1, -0.05) is 18.7 Å². The molecule has 0 atom stereocenters. The van der Waals surface area contributed by atoms with Crippen LogP contribution in [-0.4, -0.2) is 69.6 Å². The molecule has 3 fully saturated rings. The molecule has 3 aromatic heterocycles. The second kappa shape index (κ2) is 9.10. The Morgan fingerprint density at radius 1 is 1.03 bits per heavy atom. The predicted octanol–water partition coefficient (Wildman–Crippen LogP) is 3.92. The number of aromatic nitrogens is 4. The van der Waals surface area contributed by atoms with E-state index in [9.17, 15) is 10.1 Å². The second-order valence-corrected chi connectivity index (χ2v) is 11.0. The van der Waals surface area contributed by atoms with Crippen molar-refractivity contribution in [1.29, 1.82) is 5.26 Å². The van der Waals surface area contributed by atoms with Crippen molar-refractivity contribution in [3.8, 4) is 28.3 Å². The number of amides is 1. The summed E-state index contributed by atoms with van der Waals surface area (Å²) in [5.74, 6) is 0.0181. The lowest BCUT2D eigenvalue weighted by molar-refractivity contribution is -0.139. The van der Waals surface area contributed by atoms with Crippen LogP contribution in [0, 0.1) is 16.7 Å². The number of nitrogens with zero attached hydrogens (tertiary/aromatic N) is 7. The molecule has 7 rings (SSSR count). The van der Waals surface area contributed by atoms with Gasteiger partial charge in [0, 0.05) is 79.6 Å². The van der Waals surface area contributed by atoms with Crippen LogP contribution in [0.25, 0.3) is 27.8 Å². The van der Waals surface area contributed by atoms with E-state index in [1.54, 1.807) is 10.7 Å². The van der Waals surface area contributed by atoms with Crippen LogP contribution in [0.5, 0.6) is 0 Å². The standard InChI is InChI=1S/C30H29N7O2/c1-2-28(38)35-19-30(20-35)17-34(18-30)25-5-3-21(4-6-25)27-11-22(15-37-29(27)23(12-31)13-33-37)24-14-32-36(16-24)26-7-9-39-10-8-26/h2-6,11,13-16,26H,1,7-10,17-20H2. The van der Waals surface area contributed by atoms with Gasteiger partial charge in [0.25, 0.3) is 0 Å². The van der Waals surface area contributed by atoms with Gasteiger partial charge < -0.3 is 14.5 Å². The second-order valence-electron chi connectivity index (χ2n) is 11.0. The number of carbonyl (C=O) groups is 1. The molecule has 196 valence electrons.